The van der Waals surface area contributed by atoms with Gasteiger partial charge in [-0.3, -0.25) is 4.57 Å². The third kappa shape index (κ3) is 2.22. The fourth-order valence-corrected chi connectivity index (χ4v) is 2.83. The minimum Gasteiger partial charge on any atom is -0.387 e. The molecule has 4 N–H and O–H groups in total. The van der Waals surface area contributed by atoms with Gasteiger partial charge in [-0.15, -0.1) is 0 Å². The van der Waals surface area contributed by atoms with Crippen LogP contribution < -0.4 is 5.73 Å². The van der Waals surface area contributed by atoms with E-state index in [2.05, 4.69) is 15.0 Å². The van der Waals surface area contributed by atoms with Gasteiger partial charge in [0.05, 0.1) is 12.9 Å². The topological polar surface area (TPSA) is 129 Å². The van der Waals surface area contributed by atoms with Crippen LogP contribution in [0.15, 0.2) is 6.33 Å². The van der Waals surface area contributed by atoms with Gasteiger partial charge in [-0.2, -0.15) is 9.97 Å². The lowest BCUT2D eigenvalue weighted by Gasteiger charge is -2.27. The molecule has 0 amide bonds. The Morgan fingerprint density at radius 1 is 1.55 bits per heavy atom. The van der Waals surface area contributed by atoms with Crippen molar-refractivity contribution in [3.63, 3.8) is 0 Å². The van der Waals surface area contributed by atoms with E-state index < -0.39 is 24.0 Å². The van der Waals surface area contributed by atoms with Gasteiger partial charge in [0.2, 0.25) is 5.95 Å². The van der Waals surface area contributed by atoms with Gasteiger partial charge in [0.1, 0.15) is 23.3 Å². The second kappa shape index (κ2) is 5.28. The van der Waals surface area contributed by atoms with Crippen molar-refractivity contribution in [3.05, 3.63) is 11.5 Å². The number of fused-ring (bicyclic) bond motifs is 1. The Balaban J connectivity index is 2.07. The van der Waals surface area contributed by atoms with Crippen LogP contribution in [0.2, 0.25) is 5.15 Å². The maximum absolute atomic E-state index is 10.6. The zero-order valence-electron chi connectivity index (χ0n) is 12.0. The highest BCUT2D eigenvalue weighted by atomic mass is 35.5. The van der Waals surface area contributed by atoms with E-state index in [4.69, 9.17) is 26.8 Å². The quantitative estimate of drug-likeness (QED) is 0.656. The van der Waals surface area contributed by atoms with Gasteiger partial charge in [-0.25, -0.2) is 4.98 Å². The predicted octanol–water partition coefficient (Wildman–Crippen LogP) is -0.282. The summed E-state index contributed by atoms with van der Waals surface area (Å²) in [5.74, 6) is -0.0223. The fraction of sp³-hybridized carbons (Fsp3) is 0.583. The van der Waals surface area contributed by atoms with E-state index in [9.17, 15) is 10.2 Å². The van der Waals surface area contributed by atoms with Crippen LogP contribution in [-0.4, -0.2) is 61.3 Å². The number of methoxy groups -OCH3 is 1. The van der Waals surface area contributed by atoms with E-state index in [1.54, 1.807) is 0 Å². The normalized spacial score (nSPS) is 32.0. The van der Waals surface area contributed by atoms with E-state index in [-0.39, 0.29) is 17.7 Å². The number of rotatable bonds is 3. The molecule has 2 aromatic rings. The molecule has 0 aliphatic carbocycles. The maximum Gasteiger partial charge on any atom is 0.223 e. The number of hydrogen-bond donors (Lipinski definition) is 3. The van der Waals surface area contributed by atoms with Crippen molar-refractivity contribution in [1.29, 1.82) is 0 Å². The monoisotopic (exact) mass is 329 g/mol. The number of nitrogens with two attached hydrogens (primary N) is 1. The Morgan fingerprint density at radius 2 is 2.27 bits per heavy atom. The molecule has 0 spiro atoms. The lowest BCUT2D eigenvalue weighted by Crippen LogP contribution is -2.44. The van der Waals surface area contributed by atoms with Gasteiger partial charge in [-0.1, -0.05) is 11.6 Å². The van der Waals surface area contributed by atoms with E-state index in [1.807, 2.05) is 0 Å². The van der Waals surface area contributed by atoms with Crippen LogP contribution in [0.1, 0.15) is 13.2 Å². The molecule has 2 aromatic heterocycles. The summed E-state index contributed by atoms with van der Waals surface area (Å²) in [5, 5.41) is 20.9. The third-order valence-electron chi connectivity index (χ3n) is 3.73. The summed E-state index contributed by atoms with van der Waals surface area (Å²) in [6.07, 6.45) is -1.33. The van der Waals surface area contributed by atoms with Gasteiger partial charge in [0.15, 0.2) is 17.0 Å². The molecule has 1 saturated heterocycles. The molecule has 3 heterocycles. The zero-order chi connectivity index (χ0) is 16.1. The number of ether oxygens (including phenoxy) is 2. The standard InChI is InChI=1S/C12H16ClN5O4/c1-12(20)7(19)5(3-21-2)22-10(12)18-4-15-6-8(13)16-11(14)17-9(6)18/h4-5,7,10,19-20H,3H2,1-2H3,(H2,14,16,17). The largest absolute Gasteiger partial charge is 0.387 e. The SMILES string of the molecule is COCC1OC(n2cnc3c(Cl)nc(N)nc32)C(C)(O)C1O. The number of aliphatic hydroxyl groups excluding tert-OH is 1. The fourth-order valence-electron chi connectivity index (χ4n) is 2.61. The number of aliphatic hydroxyl groups is 2. The summed E-state index contributed by atoms with van der Waals surface area (Å²) in [4.78, 5) is 12.0. The molecule has 1 aliphatic heterocycles. The molecular weight excluding hydrogens is 314 g/mol. The molecule has 0 radical (unpaired) electrons. The summed E-state index contributed by atoms with van der Waals surface area (Å²) >= 11 is 5.98. The molecule has 9 nitrogen and oxygen atoms in total. The van der Waals surface area contributed by atoms with Crippen molar-refractivity contribution >= 4 is 28.7 Å². The summed E-state index contributed by atoms with van der Waals surface area (Å²) in [5.41, 5.74) is 4.68. The minimum atomic E-state index is -1.57. The number of nitrogen functional groups attached to an aromatic ring is 1. The first-order valence-electron chi connectivity index (χ1n) is 6.56. The van der Waals surface area contributed by atoms with Gasteiger partial charge in [0.25, 0.3) is 0 Å². The first-order chi connectivity index (χ1) is 10.4. The summed E-state index contributed by atoms with van der Waals surface area (Å²) in [7, 11) is 1.48. The molecule has 1 aliphatic rings. The Bertz CT molecular complexity index is 706. The first-order valence-corrected chi connectivity index (χ1v) is 6.94. The van der Waals surface area contributed by atoms with E-state index in [0.29, 0.717) is 11.2 Å². The Labute approximate surface area is 130 Å². The van der Waals surface area contributed by atoms with Crippen molar-refractivity contribution in [2.24, 2.45) is 0 Å². The van der Waals surface area contributed by atoms with E-state index in [0.717, 1.165) is 0 Å². The van der Waals surface area contributed by atoms with Crippen molar-refractivity contribution < 1.29 is 19.7 Å². The maximum atomic E-state index is 10.6. The number of imidazole rings is 1. The molecule has 22 heavy (non-hydrogen) atoms. The molecule has 0 bridgehead atoms. The lowest BCUT2D eigenvalue weighted by atomic mass is 9.96. The van der Waals surface area contributed by atoms with E-state index >= 15 is 0 Å². The molecule has 10 heteroatoms. The number of nitrogens with zero attached hydrogens (tertiary/aromatic N) is 4. The summed E-state index contributed by atoms with van der Waals surface area (Å²) in [6, 6.07) is 0. The van der Waals surface area contributed by atoms with Crippen LogP contribution in [-0.2, 0) is 9.47 Å². The molecule has 1 fully saturated rings. The molecule has 0 aromatic carbocycles. The van der Waals surface area contributed by atoms with Gasteiger partial charge in [-0.05, 0) is 6.92 Å². The lowest BCUT2D eigenvalue weighted by molar-refractivity contribution is -0.0956. The molecule has 0 saturated carbocycles. The van der Waals surface area contributed by atoms with Crippen molar-refractivity contribution in [1.82, 2.24) is 19.5 Å². The van der Waals surface area contributed by atoms with E-state index in [1.165, 1.54) is 24.9 Å². The Hall–Kier alpha value is -1.52. The molecular formula is C12H16ClN5O4. The first kappa shape index (κ1) is 15.4. The van der Waals surface area contributed by atoms with Crippen LogP contribution in [0.4, 0.5) is 5.95 Å². The van der Waals surface area contributed by atoms with Gasteiger partial charge in [0, 0.05) is 7.11 Å². The number of aromatic nitrogens is 4. The smallest absolute Gasteiger partial charge is 0.223 e. The Kier molecular flexibility index (Phi) is 3.69. The zero-order valence-corrected chi connectivity index (χ0v) is 12.7. The van der Waals surface area contributed by atoms with Crippen molar-refractivity contribution in [3.8, 4) is 0 Å². The molecule has 3 rings (SSSR count). The summed E-state index contributed by atoms with van der Waals surface area (Å²) in [6.45, 7) is 1.61. The molecule has 4 unspecified atom stereocenters. The van der Waals surface area contributed by atoms with Crippen molar-refractivity contribution in [2.45, 2.75) is 31.0 Å². The van der Waals surface area contributed by atoms with Gasteiger partial charge >= 0.3 is 0 Å². The number of halogens is 1. The van der Waals surface area contributed by atoms with Crippen LogP contribution >= 0.6 is 11.6 Å². The van der Waals surface area contributed by atoms with Crippen LogP contribution in [0.25, 0.3) is 11.2 Å². The molecule has 4 atom stereocenters. The summed E-state index contributed by atoms with van der Waals surface area (Å²) < 4.78 is 12.2. The number of anilines is 1. The highest BCUT2D eigenvalue weighted by Crippen LogP contribution is 2.39. The minimum absolute atomic E-state index is 0.0223. The third-order valence-corrected chi connectivity index (χ3v) is 4.00. The molecule has 120 valence electrons. The highest BCUT2D eigenvalue weighted by Gasteiger charge is 2.53. The van der Waals surface area contributed by atoms with Crippen LogP contribution in [0.3, 0.4) is 0 Å². The average Bonchev–Trinajstić information content (AvgIpc) is 2.94. The van der Waals surface area contributed by atoms with Crippen molar-refractivity contribution in [2.75, 3.05) is 19.5 Å². The average molecular weight is 330 g/mol. The highest BCUT2D eigenvalue weighted by molar-refractivity contribution is 6.33. The van der Waals surface area contributed by atoms with Crippen LogP contribution in [0, 0.1) is 0 Å². The Morgan fingerprint density at radius 3 is 2.95 bits per heavy atom. The number of hydrogen-bond acceptors (Lipinski definition) is 8. The second-order valence-electron chi connectivity index (χ2n) is 5.35. The van der Waals surface area contributed by atoms with Gasteiger partial charge < -0.3 is 25.4 Å². The second-order valence-corrected chi connectivity index (χ2v) is 5.71. The van der Waals surface area contributed by atoms with Crippen LogP contribution in [0.5, 0.6) is 0 Å². The predicted molar refractivity (Wildman–Crippen MR) is 77.2 cm³/mol.